The first-order valence-electron chi connectivity index (χ1n) is 5.20. The van der Waals surface area contributed by atoms with Gasteiger partial charge >= 0.3 is 0 Å². The Morgan fingerprint density at radius 2 is 2.38 bits per heavy atom. The fraction of sp³-hybridized carbons (Fsp3) is 0.500. The Morgan fingerprint density at radius 1 is 1.50 bits per heavy atom. The predicted molar refractivity (Wildman–Crippen MR) is 63.3 cm³/mol. The maximum absolute atomic E-state index is 4.41. The lowest BCUT2D eigenvalue weighted by Crippen LogP contribution is -2.19. The second-order valence-electron chi connectivity index (χ2n) is 3.58. The minimum Gasteiger partial charge on any atom is -0.309 e. The lowest BCUT2D eigenvalue weighted by molar-refractivity contribution is 0.612. The molecule has 0 amide bonds. The lowest BCUT2D eigenvalue weighted by Gasteiger charge is -2.02. The van der Waals surface area contributed by atoms with Gasteiger partial charge < -0.3 is 5.32 Å². The van der Waals surface area contributed by atoms with Gasteiger partial charge in [0.2, 0.25) is 0 Å². The normalized spacial score (nSPS) is 10.9. The Morgan fingerprint density at radius 3 is 3.00 bits per heavy atom. The average Bonchev–Trinajstić information content (AvgIpc) is 2.83. The summed E-state index contributed by atoms with van der Waals surface area (Å²) < 4.78 is 1.78. The number of nitrogens with zero attached hydrogens (tertiary/aromatic N) is 4. The van der Waals surface area contributed by atoms with Gasteiger partial charge in [0, 0.05) is 25.4 Å². The largest absolute Gasteiger partial charge is 0.309 e. The predicted octanol–water partition coefficient (Wildman–Crippen LogP) is 0.912. The van der Waals surface area contributed by atoms with Crippen LogP contribution in [0.3, 0.4) is 0 Å². The molecule has 0 aliphatic carbocycles. The zero-order chi connectivity index (χ0) is 11.4. The van der Waals surface area contributed by atoms with E-state index in [1.807, 2.05) is 14.0 Å². The summed E-state index contributed by atoms with van der Waals surface area (Å²) in [6, 6.07) is 0. The molecule has 0 spiro atoms. The fourth-order valence-electron chi connectivity index (χ4n) is 1.42. The summed E-state index contributed by atoms with van der Waals surface area (Å²) in [7, 11) is 1.90. The van der Waals surface area contributed by atoms with Crippen molar-refractivity contribution in [3.05, 3.63) is 28.2 Å². The third kappa shape index (κ3) is 2.86. The highest BCUT2D eigenvalue weighted by atomic mass is 32.1. The van der Waals surface area contributed by atoms with Gasteiger partial charge in [0.25, 0.3) is 0 Å². The van der Waals surface area contributed by atoms with Crippen LogP contribution in [0.5, 0.6) is 0 Å². The molecule has 0 saturated heterocycles. The molecule has 86 valence electrons. The van der Waals surface area contributed by atoms with Crippen LogP contribution >= 0.6 is 11.3 Å². The second-order valence-corrected chi connectivity index (χ2v) is 4.65. The summed E-state index contributed by atoms with van der Waals surface area (Å²) in [6.45, 7) is 3.69. The van der Waals surface area contributed by atoms with Crippen LogP contribution in [0.4, 0.5) is 0 Å². The first kappa shape index (κ1) is 11.2. The number of hydrogen-bond donors (Lipinski definition) is 1. The summed E-state index contributed by atoms with van der Waals surface area (Å²) in [5.41, 5.74) is 1.16. The highest BCUT2D eigenvalue weighted by Crippen LogP contribution is 2.07. The Kier molecular flexibility index (Phi) is 3.63. The third-order valence-electron chi connectivity index (χ3n) is 2.31. The van der Waals surface area contributed by atoms with Gasteiger partial charge in [-0.2, -0.15) is 5.10 Å². The van der Waals surface area contributed by atoms with E-state index in [1.165, 1.54) is 0 Å². The minimum absolute atomic E-state index is 0.750. The van der Waals surface area contributed by atoms with Gasteiger partial charge in [-0.05, 0) is 6.92 Å². The number of thiazole rings is 1. The van der Waals surface area contributed by atoms with Crippen molar-refractivity contribution in [2.75, 3.05) is 6.54 Å². The van der Waals surface area contributed by atoms with Crippen LogP contribution in [0.1, 0.15) is 16.5 Å². The van der Waals surface area contributed by atoms with Crippen LogP contribution in [0.15, 0.2) is 11.7 Å². The molecule has 0 atom stereocenters. The maximum atomic E-state index is 4.41. The summed E-state index contributed by atoms with van der Waals surface area (Å²) in [6.07, 6.45) is 2.53. The van der Waals surface area contributed by atoms with Crippen LogP contribution in [-0.2, 0) is 20.0 Å². The third-order valence-corrected chi connectivity index (χ3v) is 3.14. The molecule has 2 aromatic heterocycles. The molecule has 0 saturated carbocycles. The second kappa shape index (κ2) is 5.18. The summed E-state index contributed by atoms with van der Waals surface area (Å²) in [5.74, 6) is 0.953. The zero-order valence-corrected chi connectivity index (χ0v) is 10.3. The molecule has 0 fully saturated rings. The molecule has 0 radical (unpaired) electrons. The Balaban J connectivity index is 1.71. The van der Waals surface area contributed by atoms with E-state index in [2.05, 4.69) is 25.8 Å². The SMILES string of the molecule is Cc1nc(CCNCc2ncnn2C)cs1. The smallest absolute Gasteiger partial charge is 0.140 e. The Hall–Kier alpha value is -1.27. The van der Waals surface area contributed by atoms with Crippen LogP contribution in [0.25, 0.3) is 0 Å². The summed E-state index contributed by atoms with van der Waals surface area (Å²) in [5, 5.41) is 10.6. The number of hydrogen-bond acceptors (Lipinski definition) is 5. The van der Waals surface area contributed by atoms with Crippen molar-refractivity contribution in [1.29, 1.82) is 0 Å². The molecule has 0 aromatic carbocycles. The van der Waals surface area contributed by atoms with Gasteiger partial charge in [-0.3, -0.25) is 4.68 Å². The van der Waals surface area contributed by atoms with E-state index in [-0.39, 0.29) is 0 Å². The van der Waals surface area contributed by atoms with E-state index in [0.717, 1.165) is 36.0 Å². The number of rotatable bonds is 5. The average molecular weight is 237 g/mol. The van der Waals surface area contributed by atoms with Crippen molar-refractivity contribution in [2.45, 2.75) is 19.9 Å². The first-order valence-corrected chi connectivity index (χ1v) is 6.08. The molecule has 16 heavy (non-hydrogen) atoms. The number of aryl methyl sites for hydroxylation is 2. The zero-order valence-electron chi connectivity index (χ0n) is 9.47. The van der Waals surface area contributed by atoms with Crippen molar-refractivity contribution in [3.63, 3.8) is 0 Å². The van der Waals surface area contributed by atoms with Crippen LogP contribution < -0.4 is 5.32 Å². The van der Waals surface area contributed by atoms with E-state index in [1.54, 1.807) is 22.3 Å². The van der Waals surface area contributed by atoms with E-state index < -0.39 is 0 Å². The lowest BCUT2D eigenvalue weighted by atomic mass is 10.3. The Labute approximate surface area is 98.5 Å². The van der Waals surface area contributed by atoms with Crippen molar-refractivity contribution >= 4 is 11.3 Å². The topological polar surface area (TPSA) is 55.6 Å². The fourth-order valence-corrected chi connectivity index (χ4v) is 2.07. The number of nitrogens with one attached hydrogen (secondary N) is 1. The maximum Gasteiger partial charge on any atom is 0.140 e. The monoisotopic (exact) mass is 237 g/mol. The van der Waals surface area contributed by atoms with E-state index in [4.69, 9.17) is 0 Å². The molecule has 1 N–H and O–H groups in total. The van der Waals surface area contributed by atoms with Gasteiger partial charge in [0.15, 0.2) is 0 Å². The van der Waals surface area contributed by atoms with Gasteiger partial charge in [-0.1, -0.05) is 0 Å². The molecule has 2 aromatic rings. The van der Waals surface area contributed by atoms with Gasteiger partial charge in [-0.25, -0.2) is 9.97 Å². The van der Waals surface area contributed by atoms with Gasteiger partial charge in [0.1, 0.15) is 12.2 Å². The molecule has 5 nitrogen and oxygen atoms in total. The van der Waals surface area contributed by atoms with Crippen LogP contribution in [-0.4, -0.2) is 26.3 Å². The quantitative estimate of drug-likeness (QED) is 0.785. The number of aromatic nitrogens is 4. The summed E-state index contributed by atoms with van der Waals surface area (Å²) >= 11 is 1.70. The van der Waals surface area contributed by atoms with Gasteiger partial charge in [-0.15, -0.1) is 11.3 Å². The van der Waals surface area contributed by atoms with Crippen LogP contribution in [0.2, 0.25) is 0 Å². The van der Waals surface area contributed by atoms with Gasteiger partial charge in [0.05, 0.1) is 17.2 Å². The van der Waals surface area contributed by atoms with Crippen molar-refractivity contribution in [3.8, 4) is 0 Å². The molecular formula is C10H15N5S. The molecule has 2 heterocycles. The van der Waals surface area contributed by atoms with Crippen molar-refractivity contribution in [2.24, 2.45) is 7.05 Å². The van der Waals surface area contributed by atoms with E-state index >= 15 is 0 Å². The minimum atomic E-state index is 0.750. The van der Waals surface area contributed by atoms with Crippen molar-refractivity contribution in [1.82, 2.24) is 25.1 Å². The highest BCUT2D eigenvalue weighted by molar-refractivity contribution is 7.09. The molecule has 0 aliphatic heterocycles. The first-order chi connectivity index (χ1) is 7.75. The molecule has 2 rings (SSSR count). The van der Waals surface area contributed by atoms with E-state index in [9.17, 15) is 0 Å². The standard InChI is InChI=1S/C10H15N5S/c1-8-14-9(6-16-8)3-4-11-5-10-12-7-13-15(10)2/h6-7,11H,3-5H2,1-2H3. The molecule has 0 unspecified atom stereocenters. The molecule has 0 aliphatic rings. The molecular weight excluding hydrogens is 222 g/mol. The molecule has 6 heteroatoms. The molecule has 0 bridgehead atoms. The van der Waals surface area contributed by atoms with Crippen molar-refractivity contribution < 1.29 is 0 Å². The Bertz CT molecular complexity index is 448. The summed E-state index contributed by atoms with van der Waals surface area (Å²) in [4.78, 5) is 8.55. The highest BCUT2D eigenvalue weighted by Gasteiger charge is 2.00. The van der Waals surface area contributed by atoms with Crippen LogP contribution in [0, 0.1) is 6.92 Å². The van der Waals surface area contributed by atoms with E-state index in [0.29, 0.717) is 0 Å².